The van der Waals surface area contributed by atoms with Crippen molar-refractivity contribution in [1.29, 1.82) is 0 Å². The van der Waals surface area contributed by atoms with Gasteiger partial charge in [-0.3, -0.25) is 0 Å². The normalized spacial score (nSPS) is 18.3. The van der Waals surface area contributed by atoms with Gasteiger partial charge in [0.25, 0.3) is 0 Å². The van der Waals surface area contributed by atoms with Crippen LogP contribution in [0.25, 0.3) is 0 Å². The maximum Gasteiger partial charge on any atom is 0.242 e. The largest absolute Gasteiger partial charge is 0.310 e. The highest BCUT2D eigenvalue weighted by atomic mass is 15.1. The van der Waals surface area contributed by atoms with Crippen LogP contribution in [0, 0.1) is 6.92 Å². The Balaban J connectivity index is 1.18. The van der Waals surface area contributed by atoms with Crippen LogP contribution in [-0.4, -0.2) is 6.71 Å². The molecule has 2 unspecified atom stereocenters. The van der Waals surface area contributed by atoms with Gasteiger partial charge in [-0.15, -0.1) is 0 Å². The fourth-order valence-electron chi connectivity index (χ4n) is 18.2. The van der Waals surface area contributed by atoms with Crippen molar-refractivity contribution in [3.05, 3.63) is 282 Å². The number of fused-ring (bicyclic) bond motifs is 6. The van der Waals surface area contributed by atoms with E-state index >= 15 is 0 Å². The molecule has 2 heterocycles. The topological polar surface area (TPSA) is 3.24 Å². The Kier molecular flexibility index (Phi) is 15.3. The minimum Gasteiger partial charge on any atom is -0.310 e. The van der Waals surface area contributed by atoms with Crippen molar-refractivity contribution in [2.75, 3.05) is 4.90 Å². The lowest BCUT2D eigenvalue weighted by Gasteiger charge is -2.43. The van der Waals surface area contributed by atoms with Crippen molar-refractivity contribution in [2.45, 2.75) is 245 Å². The number of benzene rings is 9. The summed E-state index contributed by atoms with van der Waals surface area (Å²) in [5, 5.41) is 0. The summed E-state index contributed by atoms with van der Waals surface area (Å²) < 4.78 is 0. The van der Waals surface area contributed by atoms with Crippen LogP contribution < -0.4 is 21.3 Å². The van der Waals surface area contributed by atoms with Crippen molar-refractivity contribution in [3.63, 3.8) is 0 Å². The van der Waals surface area contributed by atoms with Gasteiger partial charge in [-0.2, -0.15) is 0 Å². The second-order valence-electron chi connectivity index (χ2n) is 37.4. The van der Waals surface area contributed by atoms with E-state index in [1.54, 1.807) is 0 Å². The third kappa shape index (κ3) is 11.3. The molecule has 0 radical (unpaired) electrons. The van der Waals surface area contributed by atoms with Gasteiger partial charge in [0, 0.05) is 34.8 Å². The van der Waals surface area contributed by atoms with E-state index in [1.165, 1.54) is 128 Å². The lowest BCUT2D eigenvalue weighted by molar-refractivity contribution is 0.402. The van der Waals surface area contributed by atoms with Gasteiger partial charge in [-0.25, -0.2) is 0 Å². The third-order valence-corrected chi connectivity index (χ3v) is 23.0. The maximum absolute atomic E-state index is 2.75. The number of rotatable bonds is 8. The molecule has 2 aliphatic carbocycles. The van der Waals surface area contributed by atoms with Gasteiger partial charge in [0.15, 0.2) is 0 Å². The Morgan fingerprint density at radius 3 is 1.18 bits per heavy atom. The fourth-order valence-corrected chi connectivity index (χ4v) is 18.2. The first-order valence-corrected chi connectivity index (χ1v) is 35.6. The number of aryl methyl sites for hydroxylation is 1. The summed E-state index contributed by atoms with van der Waals surface area (Å²) in [6.07, 6.45) is 2.22. The molecule has 9 aromatic carbocycles. The Hall–Kier alpha value is -7.16. The first-order valence-electron chi connectivity index (χ1n) is 35.6. The van der Waals surface area contributed by atoms with Crippen LogP contribution in [-0.2, 0) is 48.7 Å². The highest BCUT2D eigenvalue weighted by Gasteiger charge is 2.50. The van der Waals surface area contributed by atoms with E-state index in [2.05, 4.69) is 347 Å². The van der Waals surface area contributed by atoms with Gasteiger partial charge < -0.3 is 4.90 Å². The fraction of sp³-hybridized carbons (Fsp3) is 0.413. The summed E-state index contributed by atoms with van der Waals surface area (Å²) in [7, 11) is 0. The molecule has 2 heteroatoms. The summed E-state index contributed by atoms with van der Waals surface area (Å²) in [5.74, 6) is -0.165. The number of nitrogens with zero attached hydrogens (tertiary/aromatic N) is 1. The molecule has 13 rings (SSSR count). The van der Waals surface area contributed by atoms with Crippen molar-refractivity contribution in [2.24, 2.45) is 0 Å². The third-order valence-electron chi connectivity index (χ3n) is 23.0. The van der Waals surface area contributed by atoms with Gasteiger partial charge in [0.1, 0.15) is 0 Å². The first-order chi connectivity index (χ1) is 43.6. The Morgan fingerprint density at radius 1 is 0.330 bits per heavy atom. The molecule has 0 amide bonds. The second kappa shape index (κ2) is 21.9. The Morgan fingerprint density at radius 2 is 0.723 bits per heavy atom. The molecule has 94 heavy (non-hydrogen) atoms. The predicted octanol–water partition coefficient (Wildman–Crippen LogP) is 22.6. The molecule has 0 aromatic heterocycles. The van der Waals surface area contributed by atoms with E-state index in [0.717, 1.165) is 24.2 Å². The molecule has 0 saturated carbocycles. The monoisotopic (exact) mass is 1240 g/mol. The van der Waals surface area contributed by atoms with E-state index < -0.39 is 0 Å². The van der Waals surface area contributed by atoms with Crippen LogP contribution in [0.4, 0.5) is 17.1 Å². The Bertz CT molecular complexity index is 4310. The first kappa shape index (κ1) is 65.5. The van der Waals surface area contributed by atoms with Crippen LogP contribution >= 0.6 is 0 Å². The summed E-state index contributed by atoms with van der Waals surface area (Å²) in [6.45, 7) is 57.5. The standard InChI is InChI=1S/C92H108BN/c1-56-47-65(88(14,15)16)38-44-69(56)82-71-52-76-77(92(23,24)55-91(76,21)22)53-79(71)93-78-46-43-68(94(66-39-34-63(35-40-66)86(8,9)10)67-41-36-64(37-42-67)87(11,12)13)51-70(78)81(59-29-45-74-75(50-59)90(19,20)54-89(74,17)18)72-48-60(49-73(82)83(72)93)80(57-25-30-61(31-26-57)84(2,3)4)58-27-32-62(33-28-58)85(5,6)7/h25-53,80-82H,54-55H2,1-24H3. The second-order valence-corrected chi connectivity index (χ2v) is 37.4. The zero-order valence-electron chi connectivity index (χ0n) is 61.9. The summed E-state index contributed by atoms with van der Waals surface area (Å²) in [5.41, 5.74) is 34.7. The molecule has 0 fully saturated rings. The van der Waals surface area contributed by atoms with E-state index in [0.29, 0.717) is 0 Å². The predicted molar refractivity (Wildman–Crippen MR) is 407 cm³/mol. The number of hydrogen-bond donors (Lipinski definition) is 0. The molecule has 0 saturated heterocycles. The average Bonchev–Trinajstić information content (AvgIpc) is 1.57. The summed E-state index contributed by atoms with van der Waals surface area (Å²) in [6, 6.07) is 72.5. The average molecular weight is 1240 g/mol. The van der Waals surface area contributed by atoms with Gasteiger partial charge in [0.05, 0.1) is 0 Å². The quantitative estimate of drug-likeness (QED) is 0.108. The Labute approximate surface area is 568 Å². The smallest absolute Gasteiger partial charge is 0.242 e. The minimum absolute atomic E-state index is 0.000370. The molecule has 4 aliphatic rings. The minimum atomic E-state index is -0.0957. The molecular weight excluding hydrogens is 1130 g/mol. The van der Waals surface area contributed by atoms with Crippen molar-refractivity contribution in [1.82, 2.24) is 0 Å². The zero-order valence-corrected chi connectivity index (χ0v) is 61.9. The molecule has 484 valence electrons. The van der Waals surface area contributed by atoms with Crippen molar-refractivity contribution >= 4 is 40.2 Å². The highest BCUT2D eigenvalue weighted by molar-refractivity contribution is 6.97. The molecule has 9 aromatic rings. The van der Waals surface area contributed by atoms with Gasteiger partial charge in [-0.1, -0.05) is 315 Å². The lowest BCUT2D eigenvalue weighted by Crippen LogP contribution is -2.63. The van der Waals surface area contributed by atoms with Gasteiger partial charge in [-0.05, 0) is 211 Å². The van der Waals surface area contributed by atoms with E-state index in [1.807, 2.05) is 0 Å². The molecule has 2 atom stereocenters. The van der Waals surface area contributed by atoms with Crippen molar-refractivity contribution < 1.29 is 0 Å². The van der Waals surface area contributed by atoms with Crippen LogP contribution in [0.3, 0.4) is 0 Å². The van der Waals surface area contributed by atoms with Gasteiger partial charge >= 0.3 is 0 Å². The molecule has 0 spiro atoms. The molecule has 2 aliphatic heterocycles. The summed E-state index contributed by atoms with van der Waals surface area (Å²) in [4.78, 5) is 2.55. The number of anilines is 3. The van der Waals surface area contributed by atoms with Crippen LogP contribution in [0.1, 0.15) is 296 Å². The molecule has 0 bridgehead atoms. The summed E-state index contributed by atoms with van der Waals surface area (Å²) >= 11 is 0. The zero-order chi connectivity index (χ0) is 67.7. The van der Waals surface area contributed by atoms with E-state index in [4.69, 9.17) is 0 Å². The van der Waals surface area contributed by atoms with E-state index in [-0.39, 0.29) is 73.2 Å². The number of hydrogen-bond acceptors (Lipinski definition) is 1. The van der Waals surface area contributed by atoms with Crippen molar-refractivity contribution in [3.8, 4) is 0 Å². The molecular formula is C92H108BN. The lowest BCUT2D eigenvalue weighted by atomic mass is 9.28. The highest BCUT2D eigenvalue weighted by Crippen LogP contribution is 2.55. The molecule has 0 N–H and O–H groups in total. The molecule has 1 nitrogen and oxygen atoms in total. The van der Waals surface area contributed by atoms with Gasteiger partial charge in [0.2, 0.25) is 6.71 Å². The van der Waals surface area contributed by atoms with Crippen LogP contribution in [0.5, 0.6) is 0 Å². The van der Waals surface area contributed by atoms with E-state index in [9.17, 15) is 0 Å². The van der Waals surface area contributed by atoms with Crippen LogP contribution in [0.2, 0.25) is 0 Å². The SMILES string of the molecule is Cc1cc(C(C)(C)C)ccc1C1c2cc3c(cc2B2c4ccc(N(c5ccc(C(C)(C)C)cc5)c5ccc(C(C)(C)C)cc5)cc4C(c4ccc5c(c4)C(C)(C)CC5(C)C)c4cc(C(c5ccc(C(C)(C)C)cc5)c5ccc(C(C)(C)C)cc5)cc1c42)C(C)(C)CC3(C)C. The van der Waals surface area contributed by atoms with Crippen LogP contribution in [0.15, 0.2) is 176 Å². The maximum atomic E-state index is 2.75.